The molecule has 0 aromatic carbocycles. The zero-order valence-electron chi connectivity index (χ0n) is 12.1. The Hall–Kier alpha value is -1.03. The van der Waals surface area contributed by atoms with Gasteiger partial charge in [0.05, 0.1) is 6.54 Å². The van der Waals surface area contributed by atoms with Crippen molar-refractivity contribution < 1.29 is 9.59 Å². The molecule has 0 saturated carbocycles. The van der Waals surface area contributed by atoms with Crippen LogP contribution in [0.15, 0.2) is 11.6 Å². The number of hydrogen-bond donors (Lipinski definition) is 1. The highest BCUT2D eigenvalue weighted by Gasteiger charge is 2.41. The average Bonchev–Trinajstić information content (AvgIpc) is 2.22. The Kier molecular flexibility index (Phi) is 5.41. The quantitative estimate of drug-likeness (QED) is 0.842. The van der Waals surface area contributed by atoms with Gasteiger partial charge in [0.15, 0.2) is 0 Å². The Bertz CT molecular complexity index is 380. The van der Waals surface area contributed by atoms with Crippen LogP contribution >= 0.6 is 11.6 Å². The van der Waals surface area contributed by atoms with Crippen LogP contribution in [0.3, 0.4) is 0 Å². The predicted octanol–water partition coefficient (Wildman–Crippen LogP) is 2.14. The summed E-state index contributed by atoms with van der Waals surface area (Å²) in [7, 11) is 0. The second kappa shape index (κ2) is 6.42. The van der Waals surface area contributed by atoms with Gasteiger partial charge < -0.3 is 10.2 Å². The molecule has 108 valence electrons. The third kappa shape index (κ3) is 3.96. The van der Waals surface area contributed by atoms with Crippen LogP contribution in [0.5, 0.6) is 0 Å². The Morgan fingerprint density at radius 3 is 2.37 bits per heavy atom. The molecule has 2 amide bonds. The summed E-state index contributed by atoms with van der Waals surface area (Å²) in [6.45, 7) is 11.8. The highest BCUT2D eigenvalue weighted by atomic mass is 35.5. The molecule has 2 atom stereocenters. The minimum Gasteiger partial charge on any atom is -0.342 e. The van der Waals surface area contributed by atoms with Crippen molar-refractivity contribution in [2.24, 2.45) is 11.8 Å². The molecule has 0 aromatic rings. The van der Waals surface area contributed by atoms with Gasteiger partial charge in [-0.05, 0) is 18.3 Å². The van der Waals surface area contributed by atoms with E-state index in [0.717, 1.165) is 0 Å². The first-order chi connectivity index (χ1) is 8.73. The highest BCUT2D eigenvalue weighted by Crippen LogP contribution is 2.22. The van der Waals surface area contributed by atoms with E-state index in [1.165, 1.54) is 0 Å². The minimum absolute atomic E-state index is 0.0416. The average molecular weight is 287 g/mol. The molecule has 0 bridgehead atoms. The zero-order chi connectivity index (χ0) is 14.7. The van der Waals surface area contributed by atoms with E-state index in [9.17, 15) is 9.59 Å². The fraction of sp³-hybridized carbons (Fsp3) is 0.714. The summed E-state index contributed by atoms with van der Waals surface area (Å²) in [4.78, 5) is 26.2. The molecule has 19 heavy (non-hydrogen) atoms. The third-order valence-electron chi connectivity index (χ3n) is 3.18. The number of amides is 2. The third-order valence-corrected chi connectivity index (χ3v) is 3.30. The summed E-state index contributed by atoms with van der Waals surface area (Å²) in [5.41, 5.74) is 0. The molecule has 4 nitrogen and oxygen atoms in total. The summed E-state index contributed by atoms with van der Waals surface area (Å²) < 4.78 is 0. The summed E-state index contributed by atoms with van der Waals surface area (Å²) in [6, 6.07) is -0.912. The number of carbonyl (C=O) groups excluding carboxylic acids is 2. The maximum atomic E-state index is 12.5. The maximum Gasteiger partial charge on any atom is 0.246 e. The van der Waals surface area contributed by atoms with Crippen molar-refractivity contribution in [3.8, 4) is 0 Å². The summed E-state index contributed by atoms with van der Waals surface area (Å²) in [6.07, 6.45) is 0.640. The molecule has 1 N–H and O–H groups in total. The molecule has 5 heteroatoms. The lowest BCUT2D eigenvalue weighted by Gasteiger charge is -2.41. The van der Waals surface area contributed by atoms with Crippen LogP contribution in [-0.4, -0.2) is 35.3 Å². The lowest BCUT2D eigenvalue weighted by Crippen LogP contribution is -2.65. The zero-order valence-corrected chi connectivity index (χ0v) is 12.8. The number of hydrogen-bond acceptors (Lipinski definition) is 2. The van der Waals surface area contributed by atoms with E-state index in [1.54, 1.807) is 4.90 Å². The van der Waals surface area contributed by atoms with Crippen molar-refractivity contribution in [3.05, 3.63) is 11.6 Å². The van der Waals surface area contributed by atoms with E-state index in [1.807, 2.05) is 27.7 Å². The molecular formula is C14H23ClN2O2. The second-order valence-electron chi connectivity index (χ2n) is 5.86. The van der Waals surface area contributed by atoms with E-state index < -0.39 is 12.1 Å². The van der Waals surface area contributed by atoms with Crippen molar-refractivity contribution in [2.75, 3.05) is 6.54 Å². The van der Waals surface area contributed by atoms with Crippen molar-refractivity contribution in [2.45, 2.75) is 46.2 Å². The molecule has 0 aromatic heterocycles. The summed E-state index contributed by atoms with van der Waals surface area (Å²) in [5.74, 6) is 0.220. The van der Waals surface area contributed by atoms with Gasteiger partial charge in [0, 0.05) is 5.03 Å². The highest BCUT2D eigenvalue weighted by molar-refractivity contribution is 6.29. The van der Waals surface area contributed by atoms with E-state index in [4.69, 9.17) is 11.6 Å². The van der Waals surface area contributed by atoms with Crippen LogP contribution in [0.2, 0.25) is 0 Å². The van der Waals surface area contributed by atoms with Crippen molar-refractivity contribution in [3.63, 3.8) is 0 Å². The number of nitrogens with one attached hydrogen (secondary N) is 1. The van der Waals surface area contributed by atoms with Gasteiger partial charge in [0.1, 0.15) is 12.1 Å². The number of rotatable bonds is 5. The van der Waals surface area contributed by atoms with Gasteiger partial charge >= 0.3 is 0 Å². The smallest absolute Gasteiger partial charge is 0.246 e. The van der Waals surface area contributed by atoms with Gasteiger partial charge in [-0.1, -0.05) is 45.9 Å². The van der Waals surface area contributed by atoms with Crippen LogP contribution in [0, 0.1) is 11.8 Å². The van der Waals surface area contributed by atoms with Gasteiger partial charge in [-0.15, -0.1) is 0 Å². The van der Waals surface area contributed by atoms with Gasteiger partial charge in [-0.2, -0.15) is 0 Å². The second-order valence-corrected chi connectivity index (χ2v) is 6.40. The van der Waals surface area contributed by atoms with E-state index >= 15 is 0 Å². The molecule has 1 aliphatic rings. The Morgan fingerprint density at radius 2 is 1.95 bits per heavy atom. The molecule has 0 radical (unpaired) electrons. The molecular weight excluding hydrogens is 264 g/mol. The largest absolute Gasteiger partial charge is 0.342 e. The number of halogens is 1. The van der Waals surface area contributed by atoms with Gasteiger partial charge in [0.25, 0.3) is 0 Å². The van der Waals surface area contributed by atoms with Crippen molar-refractivity contribution >= 4 is 23.4 Å². The number of carbonyl (C=O) groups is 2. The minimum atomic E-state index is -0.466. The number of piperazine rings is 1. The van der Waals surface area contributed by atoms with Crippen LogP contribution < -0.4 is 5.32 Å². The molecule has 1 rings (SSSR count). The van der Waals surface area contributed by atoms with Gasteiger partial charge in [-0.25, -0.2) is 0 Å². The first-order valence-corrected chi connectivity index (χ1v) is 7.06. The fourth-order valence-corrected chi connectivity index (χ4v) is 2.58. The van der Waals surface area contributed by atoms with Gasteiger partial charge in [-0.3, -0.25) is 9.59 Å². The van der Waals surface area contributed by atoms with Crippen LogP contribution in [-0.2, 0) is 9.59 Å². The molecule has 1 aliphatic heterocycles. The molecule has 2 unspecified atom stereocenters. The maximum absolute atomic E-state index is 12.5. The van der Waals surface area contributed by atoms with Crippen LogP contribution in [0.1, 0.15) is 34.1 Å². The molecule has 0 aliphatic carbocycles. The van der Waals surface area contributed by atoms with Crippen molar-refractivity contribution in [1.29, 1.82) is 0 Å². The summed E-state index contributed by atoms with van der Waals surface area (Å²) >= 11 is 5.83. The lowest BCUT2D eigenvalue weighted by molar-refractivity contribution is -0.150. The van der Waals surface area contributed by atoms with E-state index in [0.29, 0.717) is 17.4 Å². The van der Waals surface area contributed by atoms with Crippen LogP contribution in [0.4, 0.5) is 0 Å². The first kappa shape index (κ1) is 16.0. The fourth-order valence-electron chi connectivity index (χ4n) is 2.45. The van der Waals surface area contributed by atoms with E-state index in [-0.39, 0.29) is 24.3 Å². The first-order valence-electron chi connectivity index (χ1n) is 6.68. The standard InChI is InChI=1S/C14H23ClN2O2/c1-8(2)6-11-14(19)17(7-10(5)15)12(9(3)4)13(18)16-11/h8-9,11-12H,5-7H2,1-4H3,(H,16,18). The monoisotopic (exact) mass is 286 g/mol. The Balaban J connectivity index is 2.97. The van der Waals surface area contributed by atoms with Gasteiger partial charge in [0.2, 0.25) is 11.8 Å². The van der Waals surface area contributed by atoms with Crippen LogP contribution in [0.25, 0.3) is 0 Å². The molecule has 1 heterocycles. The lowest BCUT2D eigenvalue weighted by atomic mass is 9.93. The molecule has 1 fully saturated rings. The molecule has 0 spiro atoms. The van der Waals surface area contributed by atoms with Crippen molar-refractivity contribution in [1.82, 2.24) is 10.2 Å². The molecule has 1 saturated heterocycles. The van der Waals surface area contributed by atoms with E-state index in [2.05, 4.69) is 11.9 Å². The predicted molar refractivity (Wildman–Crippen MR) is 76.7 cm³/mol. The number of nitrogens with zero attached hydrogens (tertiary/aromatic N) is 1. The Morgan fingerprint density at radius 1 is 1.37 bits per heavy atom. The Labute approximate surface area is 120 Å². The SMILES string of the molecule is C=C(Cl)CN1C(=O)C(CC(C)C)NC(=O)C1C(C)C. The topological polar surface area (TPSA) is 49.4 Å². The summed E-state index contributed by atoms with van der Waals surface area (Å²) in [5, 5.41) is 3.20. The normalized spacial score (nSPS) is 24.1.